The van der Waals surface area contributed by atoms with Crippen LogP contribution in [0.2, 0.25) is 0 Å². The minimum absolute atomic E-state index is 0.127. The van der Waals surface area contributed by atoms with Gasteiger partial charge in [-0.25, -0.2) is 9.97 Å². The van der Waals surface area contributed by atoms with Crippen molar-refractivity contribution >= 4 is 16.7 Å². The highest BCUT2D eigenvalue weighted by atomic mass is 16.5. The van der Waals surface area contributed by atoms with Gasteiger partial charge in [0.1, 0.15) is 17.1 Å². The molecule has 0 spiro atoms. The van der Waals surface area contributed by atoms with Crippen LogP contribution < -0.4 is 15.6 Å². The zero-order chi connectivity index (χ0) is 24.4. The summed E-state index contributed by atoms with van der Waals surface area (Å²) in [6.45, 7) is 1.86. The average molecular weight is 471 g/mol. The molecule has 1 unspecified atom stereocenters. The summed E-state index contributed by atoms with van der Waals surface area (Å²) in [6.07, 6.45) is 7.43. The van der Waals surface area contributed by atoms with Gasteiger partial charge < -0.3 is 29.7 Å². The Labute approximate surface area is 201 Å². The van der Waals surface area contributed by atoms with Gasteiger partial charge >= 0.3 is 0 Å². The van der Waals surface area contributed by atoms with E-state index in [9.17, 15) is 9.90 Å². The number of nitrogens with one attached hydrogen (secondary N) is 3. The summed E-state index contributed by atoms with van der Waals surface area (Å²) in [6, 6.07) is 13.1. The molecule has 0 fully saturated rings. The summed E-state index contributed by atoms with van der Waals surface area (Å²) >= 11 is 0. The molecule has 0 radical (unpaired) electrons. The number of anilines is 1. The molecule has 0 aliphatic heterocycles. The number of aryl methyl sites for hydroxylation is 1. The van der Waals surface area contributed by atoms with Gasteiger partial charge in [-0.05, 0) is 48.7 Å². The lowest BCUT2D eigenvalue weighted by atomic mass is 10.0. The number of methoxy groups -OCH3 is 1. The Bertz CT molecular complexity index is 1520. The second-order valence-electron chi connectivity index (χ2n) is 8.35. The van der Waals surface area contributed by atoms with Crippen LogP contribution in [0.4, 0.5) is 5.69 Å². The van der Waals surface area contributed by atoms with Crippen LogP contribution in [0, 0.1) is 6.92 Å². The van der Waals surface area contributed by atoms with Crippen LogP contribution in [0.25, 0.3) is 28.1 Å². The molecule has 0 aliphatic carbocycles. The number of hydrogen-bond donors (Lipinski definition) is 4. The fourth-order valence-electron chi connectivity index (χ4n) is 4.30. The van der Waals surface area contributed by atoms with Gasteiger partial charge in [0, 0.05) is 24.3 Å². The lowest BCUT2D eigenvalue weighted by Crippen LogP contribution is -2.28. The standard InChI is InChI=1S/C26H26N6O3/c1-16-11-19(32-10-9-27-15-32)13-21-24(16)31-25(30-21)23-20(7-8-28-26(23)34)29-18(14-33)12-17-5-3-4-6-22(17)35-2/h3-11,13,15,18,33H,12,14H2,1-2H3,(H,30,31)(H2,28,29,34). The molecule has 9 nitrogen and oxygen atoms in total. The number of fused-ring (bicyclic) bond motifs is 1. The third-order valence-corrected chi connectivity index (χ3v) is 6.00. The molecule has 35 heavy (non-hydrogen) atoms. The van der Waals surface area contributed by atoms with Gasteiger partial charge in [0.2, 0.25) is 0 Å². The van der Waals surface area contributed by atoms with Crippen LogP contribution in [0.5, 0.6) is 5.75 Å². The first-order valence-corrected chi connectivity index (χ1v) is 11.3. The van der Waals surface area contributed by atoms with Crippen molar-refractivity contribution in [3.05, 3.63) is 88.9 Å². The van der Waals surface area contributed by atoms with Crippen molar-refractivity contribution in [1.82, 2.24) is 24.5 Å². The average Bonchev–Trinajstić information content (AvgIpc) is 3.54. The number of aliphatic hydroxyl groups excluding tert-OH is 1. The van der Waals surface area contributed by atoms with Crippen molar-refractivity contribution in [3.8, 4) is 22.8 Å². The second-order valence-corrected chi connectivity index (χ2v) is 8.35. The number of aliphatic hydroxyl groups is 1. The van der Waals surface area contributed by atoms with Crippen molar-refractivity contribution in [2.24, 2.45) is 0 Å². The maximum Gasteiger partial charge on any atom is 0.261 e. The quantitative estimate of drug-likeness (QED) is 0.276. The number of ether oxygens (including phenoxy) is 1. The number of H-pyrrole nitrogens is 2. The Kier molecular flexibility index (Phi) is 6.07. The summed E-state index contributed by atoms with van der Waals surface area (Å²) in [5.41, 5.74) is 5.14. The van der Waals surface area contributed by atoms with Crippen molar-refractivity contribution in [3.63, 3.8) is 0 Å². The van der Waals surface area contributed by atoms with Crippen LogP contribution in [0.1, 0.15) is 11.1 Å². The lowest BCUT2D eigenvalue weighted by molar-refractivity contribution is 0.273. The van der Waals surface area contributed by atoms with E-state index in [1.807, 2.05) is 54.1 Å². The summed E-state index contributed by atoms with van der Waals surface area (Å²) in [5.74, 6) is 1.20. The molecular formula is C26H26N6O3. The Hall–Kier alpha value is -4.37. The normalized spacial score (nSPS) is 12.1. The minimum atomic E-state index is -0.342. The minimum Gasteiger partial charge on any atom is -0.496 e. The van der Waals surface area contributed by atoms with Gasteiger partial charge in [0.25, 0.3) is 5.56 Å². The molecule has 4 N–H and O–H groups in total. The summed E-state index contributed by atoms with van der Waals surface area (Å²) in [7, 11) is 1.62. The van der Waals surface area contributed by atoms with E-state index >= 15 is 0 Å². The fraction of sp³-hybridized carbons (Fsp3) is 0.192. The number of rotatable bonds is 8. The van der Waals surface area contributed by atoms with Gasteiger partial charge in [-0.3, -0.25) is 4.79 Å². The first kappa shape index (κ1) is 22.4. The summed E-state index contributed by atoms with van der Waals surface area (Å²) in [5, 5.41) is 13.4. The van der Waals surface area contributed by atoms with Crippen LogP contribution in [0.3, 0.4) is 0 Å². The zero-order valence-corrected chi connectivity index (χ0v) is 19.4. The number of hydrogen-bond acceptors (Lipinski definition) is 6. The molecule has 0 amide bonds. The molecule has 0 bridgehead atoms. The summed E-state index contributed by atoms with van der Waals surface area (Å²) in [4.78, 5) is 27.8. The number of nitrogens with zero attached hydrogens (tertiary/aromatic N) is 3. The zero-order valence-electron chi connectivity index (χ0n) is 19.4. The van der Waals surface area contributed by atoms with Gasteiger partial charge in [-0.2, -0.15) is 0 Å². The van der Waals surface area contributed by atoms with E-state index < -0.39 is 0 Å². The van der Waals surface area contributed by atoms with Crippen LogP contribution >= 0.6 is 0 Å². The number of benzene rings is 2. The number of imidazole rings is 2. The molecule has 0 aliphatic rings. The first-order chi connectivity index (χ1) is 17.1. The molecule has 0 saturated heterocycles. The van der Waals surface area contributed by atoms with E-state index in [-0.39, 0.29) is 18.2 Å². The maximum atomic E-state index is 12.9. The van der Waals surface area contributed by atoms with Gasteiger partial charge in [-0.1, -0.05) is 18.2 Å². The number of para-hydroxylation sites is 1. The number of aromatic amines is 2. The predicted octanol–water partition coefficient (Wildman–Crippen LogP) is 3.44. The van der Waals surface area contributed by atoms with E-state index in [4.69, 9.17) is 9.72 Å². The molecule has 1 atom stereocenters. The van der Waals surface area contributed by atoms with Gasteiger partial charge in [0.05, 0.1) is 42.8 Å². The highest BCUT2D eigenvalue weighted by molar-refractivity contribution is 5.86. The van der Waals surface area contributed by atoms with Crippen molar-refractivity contribution < 1.29 is 9.84 Å². The van der Waals surface area contributed by atoms with Crippen molar-refractivity contribution in [2.45, 2.75) is 19.4 Å². The van der Waals surface area contributed by atoms with E-state index in [1.54, 1.807) is 31.9 Å². The monoisotopic (exact) mass is 470 g/mol. The molecule has 5 aromatic rings. The largest absolute Gasteiger partial charge is 0.496 e. The topological polar surface area (TPSA) is 121 Å². The van der Waals surface area contributed by atoms with Crippen LogP contribution in [0.15, 0.2) is 72.2 Å². The van der Waals surface area contributed by atoms with E-state index in [1.165, 1.54) is 0 Å². The molecule has 9 heteroatoms. The van der Waals surface area contributed by atoms with E-state index in [2.05, 4.69) is 20.3 Å². The lowest BCUT2D eigenvalue weighted by Gasteiger charge is -2.20. The predicted molar refractivity (Wildman–Crippen MR) is 135 cm³/mol. The molecule has 5 rings (SSSR count). The molecular weight excluding hydrogens is 444 g/mol. The molecule has 178 valence electrons. The molecule has 2 aromatic carbocycles. The van der Waals surface area contributed by atoms with Crippen LogP contribution in [-0.2, 0) is 6.42 Å². The Morgan fingerprint density at radius 2 is 2.09 bits per heavy atom. The van der Waals surface area contributed by atoms with E-state index in [0.29, 0.717) is 23.5 Å². The highest BCUT2D eigenvalue weighted by Crippen LogP contribution is 2.28. The van der Waals surface area contributed by atoms with Crippen LogP contribution in [-0.4, -0.2) is 49.4 Å². The second kappa shape index (κ2) is 9.47. The van der Waals surface area contributed by atoms with Gasteiger partial charge in [0.15, 0.2) is 0 Å². The Balaban J connectivity index is 1.52. The van der Waals surface area contributed by atoms with Crippen molar-refractivity contribution in [1.29, 1.82) is 0 Å². The molecule has 3 heterocycles. The van der Waals surface area contributed by atoms with E-state index in [0.717, 1.165) is 33.6 Å². The molecule has 3 aromatic heterocycles. The van der Waals surface area contributed by atoms with Gasteiger partial charge in [-0.15, -0.1) is 0 Å². The molecule has 0 saturated carbocycles. The maximum absolute atomic E-state index is 12.9. The number of aromatic nitrogens is 5. The smallest absolute Gasteiger partial charge is 0.261 e. The number of pyridine rings is 1. The third-order valence-electron chi connectivity index (χ3n) is 6.00. The van der Waals surface area contributed by atoms with Crippen molar-refractivity contribution in [2.75, 3.05) is 19.0 Å². The third kappa shape index (κ3) is 4.41. The fourth-order valence-corrected chi connectivity index (χ4v) is 4.30. The Morgan fingerprint density at radius 1 is 1.23 bits per heavy atom. The summed E-state index contributed by atoms with van der Waals surface area (Å²) < 4.78 is 7.36. The first-order valence-electron chi connectivity index (χ1n) is 11.3. The SMILES string of the molecule is COc1ccccc1CC(CO)Nc1cc[nH]c(=O)c1-c1nc2c(C)cc(-n3ccnc3)cc2[nH]1. The Morgan fingerprint density at radius 3 is 2.86 bits per heavy atom. The highest BCUT2D eigenvalue weighted by Gasteiger charge is 2.19.